The van der Waals surface area contributed by atoms with E-state index in [4.69, 9.17) is 0 Å². The van der Waals surface area contributed by atoms with Crippen LogP contribution in [-0.4, -0.2) is 33.5 Å². The molecule has 0 unspecified atom stereocenters. The van der Waals surface area contributed by atoms with Crippen LogP contribution in [0.4, 0.5) is 0 Å². The van der Waals surface area contributed by atoms with Crippen LogP contribution in [0.3, 0.4) is 0 Å². The van der Waals surface area contributed by atoms with Crippen molar-refractivity contribution < 1.29 is 0 Å². The second-order valence-electron chi connectivity index (χ2n) is 4.98. The molecule has 0 aromatic heterocycles. The smallest absolute Gasteiger partial charge is 0.111 e. The highest BCUT2D eigenvalue weighted by molar-refractivity contribution is 7.39. The summed E-state index contributed by atoms with van der Waals surface area (Å²) < 4.78 is 2.53. The molecule has 0 aromatic carbocycles. The van der Waals surface area contributed by atoms with Crippen molar-refractivity contribution in [1.82, 2.24) is 4.57 Å². The van der Waals surface area contributed by atoms with Crippen molar-refractivity contribution in [3.05, 3.63) is 12.7 Å². The molecular weight excluding hydrogens is 178 g/mol. The summed E-state index contributed by atoms with van der Waals surface area (Å²) in [4.78, 5) is 0. The van der Waals surface area contributed by atoms with Gasteiger partial charge in [0.1, 0.15) is 7.75 Å². The number of nitrogens with zero attached hydrogens (tertiary/aromatic N) is 1. The first kappa shape index (κ1) is 12.1. The zero-order valence-electron chi connectivity index (χ0n) is 9.44. The second kappa shape index (κ2) is 3.89. The van der Waals surface area contributed by atoms with Crippen LogP contribution in [0.25, 0.3) is 0 Å². The molecule has 0 rings (SSSR count). The van der Waals surface area contributed by atoms with E-state index in [9.17, 15) is 0 Å². The largest absolute Gasteiger partial charge is 0.325 e. The van der Waals surface area contributed by atoms with Crippen LogP contribution in [0.15, 0.2) is 12.7 Å². The number of hydrogen-bond acceptors (Lipinski definition) is 1. The van der Waals surface area contributed by atoms with Crippen LogP contribution in [0.5, 0.6) is 0 Å². The molecular formula is C9H23NSi2. The first-order valence-electron chi connectivity index (χ1n) is 4.55. The Morgan fingerprint density at radius 2 is 1.58 bits per heavy atom. The van der Waals surface area contributed by atoms with Gasteiger partial charge in [-0.2, -0.15) is 0 Å². The van der Waals surface area contributed by atoms with E-state index in [2.05, 4.69) is 50.9 Å². The molecule has 0 aliphatic carbocycles. The molecule has 0 saturated carbocycles. The van der Waals surface area contributed by atoms with Gasteiger partial charge in [-0.1, -0.05) is 38.8 Å². The Morgan fingerprint density at radius 3 is 1.83 bits per heavy atom. The van der Waals surface area contributed by atoms with Crippen molar-refractivity contribution in [3.8, 4) is 0 Å². The lowest BCUT2D eigenvalue weighted by atomic mass is 10.6. The quantitative estimate of drug-likeness (QED) is 0.499. The molecule has 0 bridgehead atoms. The summed E-state index contributed by atoms with van der Waals surface area (Å²) in [6.07, 6.45) is 2.01. The maximum atomic E-state index is 3.79. The summed E-state index contributed by atoms with van der Waals surface area (Å²) in [7, 11) is 0.146. The third-order valence-corrected chi connectivity index (χ3v) is 21.1. The van der Waals surface area contributed by atoms with Gasteiger partial charge in [0, 0.05) is 6.54 Å². The molecule has 0 aliphatic rings. The Bertz CT molecular complexity index is 158. The molecule has 0 atom stereocenters. The Morgan fingerprint density at radius 1 is 1.17 bits per heavy atom. The summed E-state index contributed by atoms with van der Waals surface area (Å²) in [5.74, 6) is 0. The van der Waals surface area contributed by atoms with E-state index in [-0.39, 0.29) is 0 Å². The minimum absolute atomic E-state index is 0.968. The van der Waals surface area contributed by atoms with Gasteiger partial charge >= 0.3 is 0 Å². The molecule has 12 heavy (non-hydrogen) atoms. The van der Waals surface area contributed by atoms with Crippen LogP contribution in [0.2, 0.25) is 32.7 Å². The molecule has 0 aromatic rings. The van der Waals surface area contributed by atoms with E-state index in [1.165, 1.54) is 0 Å². The lowest BCUT2D eigenvalue weighted by Crippen LogP contribution is -2.63. The van der Waals surface area contributed by atoms with E-state index < -0.39 is 15.3 Å². The van der Waals surface area contributed by atoms with Crippen molar-refractivity contribution in [2.75, 3.05) is 13.6 Å². The predicted octanol–water partition coefficient (Wildman–Crippen LogP) is 2.73. The molecule has 72 valence electrons. The van der Waals surface area contributed by atoms with Gasteiger partial charge in [0.2, 0.25) is 0 Å². The van der Waals surface area contributed by atoms with E-state index in [0.717, 1.165) is 6.54 Å². The number of likely N-dealkylation sites (N-methyl/N-ethyl adjacent to an activating group) is 1. The zero-order chi connectivity index (χ0) is 9.99. The average molecular weight is 201 g/mol. The Labute approximate surface area is 79.4 Å². The fraction of sp³-hybridized carbons (Fsp3) is 0.778. The first-order chi connectivity index (χ1) is 5.23. The molecule has 0 N–H and O–H groups in total. The van der Waals surface area contributed by atoms with Gasteiger partial charge in [0.25, 0.3) is 0 Å². The van der Waals surface area contributed by atoms with Gasteiger partial charge in [-0.15, -0.1) is 6.58 Å². The van der Waals surface area contributed by atoms with Gasteiger partial charge in [-0.05, 0) is 7.05 Å². The summed E-state index contributed by atoms with van der Waals surface area (Å²) in [5, 5.41) is 0. The maximum absolute atomic E-state index is 3.79. The SMILES string of the molecule is C=CCN(C)[Si](C)(C)[Si](C)(C)C. The van der Waals surface area contributed by atoms with E-state index >= 15 is 0 Å². The topological polar surface area (TPSA) is 3.24 Å². The Hall–Kier alpha value is 0.134. The van der Waals surface area contributed by atoms with Crippen molar-refractivity contribution in [2.24, 2.45) is 0 Å². The maximum Gasteiger partial charge on any atom is 0.111 e. The van der Waals surface area contributed by atoms with Gasteiger partial charge in [-0.25, -0.2) is 0 Å². The molecule has 0 spiro atoms. The molecule has 3 heteroatoms. The zero-order valence-corrected chi connectivity index (χ0v) is 11.4. The minimum Gasteiger partial charge on any atom is -0.325 e. The highest BCUT2D eigenvalue weighted by Crippen LogP contribution is 2.21. The summed E-state index contributed by atoms with van der Waals surface area (Å²) in [5.41, 5.74) is 0. The van der Waals surface area contributed by atoms with Crippen molar-refractivity contribution in [3.63, 3.8) is 0 Å². The average Bonchev–Trinajstić information content (AvgIpc) is 1.85. The standard InChI is InChI=1S/C9H23NSi2/c1-8-9-10(2)12(6,7)11(3,4)5/h8H,1,9H2,2-7H3. The highest BCUT2D eigenvalue weighted by atomic mass is 29.3. The minimum atomic E-state index is -1.13. The summed E-state index contributed by atoms with van der Waals surface area (Å²) >= 11 is 0. The molecule has 0 aliphatic heterocycles. The molecule has 0 heterocycles. The van der Waals surface area contributed by atoms with Crippen molar-refractivity contribution in [1.29, 1.82) is 0 Å². The molecule has 1 nitrogen and oxygen atoms in total. The Balaban J connectivity index is 4.48. The monoisotopic (exact) mass is 201 g/mol. The van der Waals surface area contributed by atoms with Crippen LogP contribution < -0.4 is 0 Å². The van der Waals surface area contributed by atoms with Gasteiger partial charge in [0.05, 0.1) is 7.59 Å². The van der Waals surface area contributed by atoms with Gasteiger partial charge in [-0.3, -0.25) is 0 Å². The normalized spacial score (nSPS) is 13.6. The van der Waals surface area contributed by atoms with Crippen LogP contribution in [-0.2, 0) is 0 Å². The van der Waals surface area contributed by atoms with Crippen LogP contribution >= 0.6 is 0 Å². The van der Waals surface area contributed by atoms with Crippen molar-refractivity contribution >= 4 is 15.3 Å². The van der Waals surface area contributed by atoms with E-state index in [0.29, 0.717) is 0 Å². The fourth-order valence-corrected chi connectivity index (χ4v) is 6.43. The van der Waals surface area contributed by atoms with E-state index in [1.54, 1.807) is 0 Å². The summed E-state index contributed by atoms with van der Waals surface area (Å²) in [6.45, 7) is 17.2. The molecule has 0 fully saturated rings. The molecule has 0 radical (unpaired) electrons. The first-order valence-corrected chi connectivity index (χ1v) is 12.0. The summed E-state index contributed by atoms with van der Waals surface area (Å²) in [6, 6.07) is 0. The van der Waals surface area contributed by atoms with Crippen molar-refractivity contribution in [2.45, 2.75) is 32.7 Å². The lowest BCUT2D eigenvalue weighted by molar-refractivity contribution is 0.577. The fourth-order valence-electron chi connectivity index (χ4n) is 0.994. The molecule has 0 amide bonds. The van der Waals surface area contributed by atoms with Gasteiger partial charge < -0.3 is 4.57 Å². The van der Waals surface area contributed by atoms with Crippen LogP contribution in [0.1, 0.15) is 0 Å². The number of rotatable bonds is 4. The lowest BCUT2D eigenvalue weighted by Gasteiger charge is -2.42. The third kappa shape index (κ3) is 2.57. The predicted molar refractivity (Wildman–Crippen MR) is 63.7 cm³/mol. The Kier molecular flexibility index (Phi) is 3.94. The van der Waals surface area contributed by atoms with Crippen LogP contribution in [0, 0.1) is 0 Å². The molecule has 0 saturated heterocycles. The number of hydrogen-bond donors (Lipinski definition) is 0. The third-order valence-electron chi connectivity index (χ3n) is 3.19. The van der Waals surface area contributed by atoms with Gasteiger partial charge in [0.15, 0.2) is 0 Å². The van der Waals surface area contributed by atoms with E-state index in [1.807, 2.05) is 6.08 Å². The highest BCUT2D eigenvalue weighted by Gasteiger charge is 2.39. The second-order valence-corrected chi connectivity index (χ2v) is 21.5.